The highest BCUT2D eigenvalue weighted by Gasteiger charge is 2.54. The number of carboxylic acids is 1. The van der Waals surface area contributed by atoms with Crippen molar-refractivity contribution in [1.82, 2.24) is 4.98 Å². The summed E-state index contributed by atoms with van der Waals surface area (Å²) < 4.78 is 0. The molecule has 0 saturated heterocycles. The van der Waals surface area contributed by atoms with Gasteiger partial charge in [-0.05, 0) is 49.3 Å². The van der Waals surface area contributed by atoms with E-state index in [4.69, 9.17) is 23.2 Å². The molecule has 1 heterocycles. The third-order valence-electron chi connectivity index (χ3n) is 5.45. The Morgan fingerprint density at radius 3 is 2.62 bits per heavy atom. The summed E-state index contributed by atoms with van der Waals surface area (Å²) in [5.41, 5.74) is 1.38. The van der Waals surface area contributed by atoms with Gasteiger partial charge in [-0.1, -0.05) is 23.2 Å². The van der Waals surface area contributed by atoms with Crippen LogP contribution < -0.4 is 5.32 Å². The van der Waals surface area contributed by atoms with Crippen LogP contribution in [0, 0.1) is 23.7 Å². The number of anilines is 1. The molecule has 2 aliphatic carbocycles. The van der Waals surface area contributed by atoms with Crippen LogP contribution in [-0.4, -0.2) is 22.0 Å². The molecule has 0 unspecified atom stereocenters. The van der Waals surface area contributed by atoms with Crippen molar-refractivity contribution in [1.29, 1.82) is 0 Å². The zero-order chi connectivity index (χ0) is 18.4. The second-order valence-corrected chi connectivity index (χ2v) is 8.58. The molecule has 5 nitrogen and oxygen atoms in total. The SMILES string of the molecule is O=C(Nc1nc(-c2ccc(Cl)cc2Cl)cs1)[C@@H]1[C@@H]2CC[C@@H](C2)[C@@H]1C(=O)O. The van der Waals surface area contributed by atoms with Crippen LogP contribution in [0.4, 0.5) is 5.13 Å². The largest absolute Gasteiger partial charge is 0.481 e. The normalized spacial score (nSPS) is 26.8. The molecule has 4 atom stereocenters. The van der Waals surface area contributed by atoms with Crippen molar-refractivity contribution < 1.29 is 14.7 Å². The van der Waals surface area contributed by atoms with E-state index in [2.05, 4.69) is 10.3 Å². The van der Waals surface area contributed by atoms with E-state index in [0.29, 0.717) is 20.9 Å². The first kappa shape index (κ1) is 17.8. The van der Waals surface area contributed by atoms with Gasteiger partial charge in [0.1, 0.15) is 0 Å². The van der Waals surface area contributed by atoms with Crippen molar-refractivity contribution in [2.45, 2.75) is 19.3 Å². The van der Waals surface area contributed by atoms with Crippen molar-refractivity contribution in [2.24, 2.45) is 23.7 Å². The Labute approximate surface area is 164 Å². The van der Waals surface area contributed by atoms with E-state index < -0.39 is 17.8 Å². The number of carboxylic acid groups (broad SMARTS) is 1. The Morgan fingerprint density at radius 1 is 1.19 bits per heavy atom. The summed E-state index contributed by atoms with van der Waals surface area (Å²) in [7, 11) is 0. The topological polar surface area (TPSA) is 79.3 Å². The van der Waals surface area contributed by atoms with Gasteiger partial charge in [0.15, 0.2) is 5.13 Å². The maximum Gasteiger partial charge on any atom is 0.307 e. The van der Waals surface area contributed by atoms with E-state index in [1.165, 1.54) is 11.3 Å². The average Bonchev–Trinajstić information content (AvgIpc) is 3.29. The Bertz CT molecular complexity index is 885. The van der Waals surface area contributed by atoms with Crippen LogP contribution in [0.15, 0.2) is 23.6 Å². The van der Waals surface area contributed by atoms with E-state index in [1.807, 2.05) is 0 Å². The van der Waals surface area contributed by atoms with Crippen LogP contribution in [0.2, 0.25) is 10.0 Å². The minimum Gasteiger partial charge on any atom is -0.481 e. The zero-order valence-corrected chi connectivity index (χ0v) is 15.9. The molecule has 0 radical (unpaired) electrons. The standard InChI is InChI=1S/C18H16Cl2N2O3S/c19-10-3-4-11(12(20)6-10)13-7-26-18(21-13)22-16(23)14-8-1-2-9(5-8)15(14)17(24)25/h3-4,6-9,14-15H,1-2,5H2,(H,24,25)(H,21,22,23)/t8-,9+,14-,15+/m1/s1. The van der Waals surface area contributed by atoms with Gasteiger partial charge in [0.05, 0.1) is 22.6 Å². The Hall–Kier alpha value is -1.63. The number of aromatic nitrogens is 1. The predicted molar refractivity (Wildman–Crippen MR) is 102 cm³/mol. The molecule has 2 fully saturated rings. The lowest BCUT2D eigenvalue weighted by molar-refractivity contribution is -0.148. The molecule has 4 rings (SSSR count). The quantitative estimate of drug-likeness (QED) is 0.758. The number of hydrogen-bond acceptors (Lipinski definition) is 4. The number of amides is 1. The molecule has 26 heavy (non-hydrogen) atoms. The number of nitrogens with one attached hydrogen (secondary N) is 1. The van der Waals surface area contributed by atoms with Gasteiger partial charge < -0.3 is 10.4 Å². The monoisotopic (exact) mass is 410 g/mol. The average molecular weight is 411 g/mol. The molecular formula is C18H16Cl2N2O3S. The van der Waals surface area contributed by atoms with E-state index in [9.17, 15) is 14.7 Å². The number of aliphatic carboxylic acids is 1. The number of halogens is 2. The van der Waals surface area contributed by atoms with Crippen LogP contribution in [0.25, 0.3) is 11.3 Å². The van der Waals surface area contributed by atoms with Crippen molar-refractivity contribution in [2.75, 3.05) is 5.32 Å². The summed E-state index contributed by atoms with van der Waals surface area (Å²) in [4.78, 5) is 28.7. The summed E-state index contributed by atoms with van der Waals surface area (Å²) in [6.07, 6.45) is 2.66. The molecule has 0 aliphatic heterocycles. The minimum atomic E-state index is -0.870. The van der Waals surface area contributed by atoms with Gasteiger partial charge >= 0.3 is 5.97 Å². The Kier molecular flexibility index (Phi) is 4.67. The minimum absolute atomic E-state index is 0.118. The summed E-state index contributed by atoms with van der Waals surface area (Å²) in [5.74, 6) is -1.89. The third-order valence-corrected chi connectivity index (χ3v) is 6.75. The van der Waals surface area contributed by atoms with Crippen LogP contribution in [0.1, 0.15) is 19.3 Å². The smallest absolute Gasteiger partial charge is 0.307 e. The second-order valence-electron chi connectivity index (χ2n) is 6.87. The van der Waals surface area contributed by atoms with Crippen LogP contribution in [0.3, 0.4) is 0 Å². The van der Waals surface area contributed by atoms with Crippen molar-refractivity contribution in [3.05, 3.63) is 33.6 Å². The van der Waals surface area contributed by atoms with Gasteiger partial charge in [0.25, 0.3) is 0 Å². The van der Waals surface area contributed by atoms with Gasteiger partial charge in [-0.3, -0.25) is 9.59 Å². The molecule has 8 heteroatoms. The molecular weight excluding hydrogens is 395 g/mol. The molecule has 0 spiro atoms. The number of benzene rings is 1. The maximum atomic E-state index is 12.7. The molecule has 1 aromatic carbocycles. The van der Waals surface area contributed by atoms with Gasteiger partial charge in [-0.15, -0.1) is 11.3 Å². The van der Waals surface area contributed by atoms with E-state index >= 15 is 0 Å². The van der Waals surface area contributed by atoms with Crippen molar-refractivity contribution in [3.63, 3.8) is 0 Å². The van der Waals surface area contributed by atoms with E-state index in [1.54, 1.807) is 23.6 Å². The molecule has 2 aliphatic rings. The van der Waals surface area contributed by atoms with Gasteiger partial charge in [-0.2, -0.15) is 0 Å². The second kappa shape index (κ2) is 6.83. The van der Waals surface area contributed by atoms with Crippen LogP contribution >= 0.6 is 34.5 Å². The first-order chi connectivity index (χ1) is 12.4. The highest BCUT2D eigenvalue weighted by atomic mass is 35.5. The van der Waals surface area contributed by atoms with Gasteiger partial charge in [0, 0.05) is 16.0 Å². The lowest BCUT2D eigenvalue weighted by Gasteiger charge is -2.26. The number of rotatable bonds is 4. The van der Waals surface area contributed by atoms with Crippen molar-refractivity contribution >= 4 is 51.5 Å². The lowest BCUT2D eigenvalue weighted by Crippen LogP contribution is -2.37. The fraction of sp³-hybridized carbons (Fsp3) is 0.389. The van der Waals surface area contributed by atoms with Crippen LogP contribution in [0.5, 0.6) is 0 Å². The van der Waals surface area contributed by atoms with Crippen molar-refractivity contribution in [3.8, 4) is 11.3 Å². The molecule has 2 N–H and O–H groups in total. The fourth-order valence-corrected chi connectivity index (χ4v) is 5.58. The molecule has 2 saturated carbocycles. The van der Waals surface area contributed by atoms with Gasteiger partial charge in [0.2, 0.25) is 5.91 Å². The number of carbonyl (C=O) groups excluding carboxylic acids is 1. The Balaban J connectivity index is 1.52. The highest BCUT2D eigenvalue weighted by molar-refractivity contribution is 7.14. The van der Waals surface area contributed by atoms with E-state index in [-0.39, 0.29) is 17.7 Å². The Morgan fingerprint density at radius 2 is 1.92 bits per heavy atom. The maximum absolute atomic E-state index is 12.7. The molecule has 136 valence electrons. The first-order valence-electron chi connectivity index (χ1n) is 8.38. The summed E-state index contributed by atoms with van der Waals surface area (Å²) in [5, 5.41) is 15.6. The number of hydrogen-bond donors (Lipinski definition) is 2. The number of thiazole rings is 1. The highest BCUT2D eigenvalue weighted by Crippen LogP contribution is 2.52. The first-order valence-corrected chi connectivity index (χ1v) is 10.0. The molecule has 2 aromatic rings. The summed E-state index contributed by atoms with van der Waals surface area (Å²) in [6.45, 7) is 0. The van der Waals surface area contributed by atoms with Gasteiger partial charge in [-0.25, -0.2) is 4.98 Å². The van der Waals surface area contributed by atoms with Crippen LogP contribution in [-0.2, 0) is 9.59 Å². The lowest BCUT2D eigenvalue weighted by atomic mass is 9.79. The summed E-state index contributed by atoms with van der Waals surface area (Å²) in [6, 6.07) is 5.15. The van der Waals surface area contributed by atoms with E-state index in [0.717, 1.165) is 24.8 Å². The molecule has 1 aromatic heterocycles. The summed E-state index contributed by atoms with van der Waals surface area (Å²) >= 11 is 13.4. The third kappa shape index (κ3) is 3.10. The number of carbonyl (C=O) groups is 2. The molecule has 1 amide bonds. The number of nitrogens with zero attached hydrogens (tertiary/aromatic N) is 1. The molecule has 2 bridgehead atoms. The zero-order valence-electron chi connectivity index (χ0n) is 13.6. The predicted octanol–water partition coefficient (Wildman–Crippen LogP) is 4.80. The fourth-order valence-electron chi connectivity index (χ4n) is 4.36. The number of fused-ring (bicyclic) bond motifs is 2.